The Balaban J connectivity index is 1.65. The molecule has 2 aromatic rings. The molecule has 116 valence electrons. The van der Waals surface area contributed by atoms with Crippen molar-refractivity contribution in [1.82, 2.24) is 0 Å². The molecule has 0 aromatic heterocycles. The predicted octanol–water partition coefficient (Wildman–Crippen LogP) is 1.53. The van der Waals surface area contributed by atoms with E-state index in [1.165, 1.54) is 16.0 Å². The molecule has 4 nitrogen and oxygen atoms in total. The van der Waals surface area contributed by atoms with Crippen molar-refractivity contribution in [1.29, 1.82) is 5.26 Å². The van der Waals surface area contributed by atoms with Crippen molar-refractivity contribution in [2.45, 2.75) is 25.9 Å². The van der Waals surface area contributed by atoms with Crippen LogP contribution in [0.3, 0.4) is 0 Å². The topological polar surface area (TPSA) is 57.3 Å². The number of hydrogen-bond acceptors (Lipinski definition) is 2. The molecule has 0 bridgehead atoms. The number of nitrogens with one attached hydrogen (secondary N) is 2. The Labute approximate surface area is 136 Å². The summed E-state index contributed by atoms with van der Waals surface area (Å²) < 4.78 is 0. The first kappa shape index (κ1) is 15.3. The minimum atomic E-state index is -0.112. The van der Waals surface area contributed by atoms with Crippen molar-refractivity contribution < 1.29 is 9.69 Å². The van der Waals surface area contributed by atoms with Gasteiger partial charge in [-0.05, 0) is 36.8 Å². The Morgan fingerprint density at radius 1 is 1.17 bits per heavy atom. The lowest BCUT2D eigenvalue weighted by molar-refractivity contribution is -0.929. The zero-order valence-electron chi connectivity index (χ0n) is 13.2. The Morgan fingerprint density at radius 3 is 2.57 bits per heavy atom. The quantitative estimate of drug-likeness (QED) is 0.903. The van der Waals surface area contributed by atoms with Crippen LogP contribution in [-0.4, -0.2) is 18.5 Å². The zero-order chi connectivity index (χ0) is 16.2. The van der Waals surface area contributed by atoms with E-state index < -0.39 is 0 Å². The molecule has 0 saturated carbocycles. The molecule has 2 atom stereocenters. The highest BCUT2D eigenvalue weighted by atomic mass is 16.2. The fraction of sp³-hybridized carbons (Fsp3) is 0.263. The number of amides is 1. The van der Waals surface area contributed by atoms with Crippen molar-refractivity contribution in [3.05, 3.63) is 65.2 Å². The number of carbonyl (C=O) groups is 1. The maximum absolute atomic E-state index is 12.5. The predicted molar refractivity (Wildman–Crippen MR) is 88.9 cm³/mol. The number of quaternary nitrogens is 1. The fourth-order valence-corrected chi connectivity index (χ4v) is 3.04. The van der Waals surface area contributed by atoms with Crippen molar-refractivity contribution in [2.75, 3.05) is 11.9 Å². The van der Waals surface area contributed by atoms with Crippen LogP contribution < -0.4 is 10.2 Å². The van der Waals surface area contributed by atoms with E-state index in [1.807, 2.05) is 6.92 Å². The van der Waals surface area contributed by atoms with Crippen molar-refractivity contribution in [3.63, 3.8) is 0 Å². The highest BCUT2D eigenvalue weighted by molar-refractivity contribution is 5.93. The van der Waals surface area contributed by atoms with Gasteiger partial charge >= 0.3 is 0 Å². The largest absolute Gasteiger partial charge is 0.321 e. The number of benzene rings is 2. The molecule has 23 heavy (non-hydrogen) atoms. The van der Waals surface area contributed by atoms with Gasteiger partial charge in [-0.15, -0.1) is 0 Å². The minimum absolute atomic E-state index is 0.0177. The van der Waals surface area contributed by atoms with Crippen LogP contribution >= 0.6 is 0 Å². The summed E-state index contributed by atoms with van der Waals surface area (Å²) in [7, 11) is 0. The summed E-state index contributed by atoms with van der Waals surface area (Å²) in [6.45, 7) is 3.83. The van der Waals surface area contributed by atoms with E-state index in [2.05, 4.69) is 35.7 Å². The van der Waals surface area contributed by atoms with Crippen LogP contribution in [0.2, 0.25) is 0 Å². The van der Waals surface area contributed by atoms with E-state index in [4.69, 9.17) is 5.26 Å². The van der Waals surface area contributed by atoms with E-state index in [-0.39, 0.29) is 11.9 Å². The molecule has 1 unspecified atom stereocenters. The lowest BCUT2D eigenvalue weighted by atomic mass is 9.99. The summed E-state index contributed by atoms with van der Waals surface area (Å²) >= 11 is 0. The fourth-order valence-electron chi connectivity index (χ4n) is 3.04. The second-order valence-corrected chi connectivity index (χ2v) is 6.00. The molecule has 0 spiro atoms. The normalized spacial score (nSPS) is 17.7. The maximum Gasteiger partial charge on any atom is 0.282 e. The smallest absolute Gasteiger partial charge is 0.282 e. The lowest BCUT2D eigenvalue weighted by Gasteiger charge is -2.30. The molecule has 3 rings (SSSR count). The summed E-state index contributed by atoms with van der Waals surface area (Å²) in [6, 6.07) is 17.4. The molecule has 1 heterocycles. The van der Waals surface area contributed by atoms with E-state index in [9.17, 15) is 4.79 Å². The molecule has 0 saturated heterocycles. The summed E-state index contributed by atoms with van der Waals surface area (Å²) in [5.74, 6) is 0.0177. The number of fused-ring (bicyclic) bond motifs is 1. The van der Waals surface area contributed by atoms with Gasteiger partial charge < -0.3 is 10.2 Å². The number of anilines is 1. The molecule has 4 heteroatoms. The third kappa shape index (κ3) is 3.41. The molecular weight excluding hydrogens is 286 g/mol. The molecule has 1 aliphatic heterocycles. The van der Waals surface area contributed by atoms with Crippen molar-refractivity contribution >= 4 is 11.6 Å². The van der Waals surface area contributed by atoms with Gasteiger partial charge in [-0.25, -0.2) is 0 Å². The van der Waals surface area contributed by atoms with Crippen LogP contribution in [0, 0.1) is 11.3 Å². The zero-order valence-corrected chi connectivity index (χ0v) is 13.2. The standard InChI is InChI=1S/C19H19N3O/c1-14(19(23)21-18-8-6-15(12-20)7-9-18)22-11-10-16-4-2-3-5-17(16)13-22/h2-9,14H,10-11,13H2,1H3,(H,21,23)/p+1/t14-/m0/s1. The average Bonchev–Trinajstić information content (AvgIpc) is 2.61. The van der Waals surface area contributed by atoms with Crippen LogP contribution in [-0.2, 0) is 17.8 Å². The number of nitrogens with zero attached hydrogens (tertiary/aromatic N) is 1. The van der Waals surface area contributed by atoms with Gasteiger partial charge in [-0.3, -0.25) is 4.79 Å². The van der Waals surface area contributed by atoms with E-state index in [1.54, 1.807) is 24.3 Å². The van der Waals surface area contributed by atoms with E-state index in [0.717, 1.165) is 25.2 Å². The highest BCUT2D eigenvalue weighted by Crippen LogP contribution is 2.12. The van der Waals surface area contributed by atoms with Gasteiger partial charge in [0.2, 0.25) is 0 Å². The van der Waals surface area contributed by atoms with Crippen LogP contribution in [0.4, 0.5) is 5.69 Å². The summed E-state index contributed by atoms with van der Waals surface area (Å²) in [4.78, 5) is 13.8. The molecule has 1 amide bonds. The molecule has 1 aliphatic rings. The van der Waals surface area contributed by atoms with Crippen LogP contribution in [0.15, 0.2) is 48.5 Å². The first-order chi connectivity index (χ1) is 11.2. The second kappa shape index (κ2) is 6.64. The minimum Gasteiger partial charge on any atom is -0.321 e. The number of nitriles is 1. The van der Waals surface area contributed by atoms with Crippen LogP contribution in [0.5, 0.6) is 0 Å². The van der Waals surface area contributed by atoms with Crippen molar-refractivity contribution in [3.8, 4) is 6.07 Å². The molecule has 2 N–H and O–H groups in total. The summed E-state index contributed by atoms with van der Waals surface area (Å²) in [6.07, 6.45) is 1.01. The highest BCUT2D eigenvalue weighted by Gasteiger charge is 2.28. The van der Waals surface area contributed by atoms with Gasteiger partial charge in [0, 0.05) is 17.7 Å². The first-order valence-electron chi connectivity index (χ1n) is 7.90. The Hall–Kier alpha value is -2.64. The molecule has 0 fully saturated rings. The van der Waals surface area contributed by atoms with E-state index in [0.29, 0.717) is 5.56 Å². The second-order valence-electron chi connectivity index (χ2n) is 6.00. The SMILES string of the molecule is C[C@@H](C(=O)Nc1ccc(C#N)cc1)[NH+]1CCc2ccccc2C1. The van der Waals surface area contributed by atoms with Gasteiger partial charge in [-0.1, -0.05) is 24.3 Å². The monoisotopic (exact) mass is 306 g/mol. The van der Waals surface area contributed by atoms with Crippen molar-refractivity contribution in [2.24, 2.45) is 0 Å². The average molecular weight is 306 g/mol. The van der Waals surface area contributed by atoms with Gasteiger partial charge in [0.15, 0.2) is 6.04 Å². The number of carbonyl (C=O) groups excluding carboxylic acids is 1. The van der Waals surface area contributed by atoms with Crippen LogP contribution in [0.1, 0.15) is 23.6 Å². The number of hydrogen-bond donors (Lipinski definition) is 2. The lowest BCUT2D eigenvalue weighted by Crippen LogP contribution is -3.16. The summed E-state index contributed by atoms with van der Waals surface area (Å²) in [5.41, 5.74) is 4.06. The van der Waals surface area contributed by atoms with Gasteiger partial charge in [-0.2, -0.15) is 5.26 Å². The molecular formula is C19H20N3O+. The molecule has 2 aromatic carbocycles. The Morgan fingerprint density at radius 2 is 1.87 bits per heavy atom. The molecule has 0 radical (unpaired) electrons. The van der Waals surface area contributed by atoms with Gasteiger partial charge in [0.05, 0.1) is 18.2 Å². The van der Waals surface area contributed by atoms with Gasteiger partial charge in [0.1, 0.15) is 6.54 Å². The first-order valence-corrected chi connectivity index (χ1v) is 7.90. The maximum atomic E-state index is 12.5. The van der Waals surface area contributed by atoms with Gasteiger partial charge in [0.25, 0.3) is 5.91 Å². The Kier molecular flexibility index (Phi) is 4.40. The van der Waals surface area contributed by atoms with Crippen LogP contribution in [0.25, 0.3) is 0 Å². The van der Waals surface area contributed by atoms with E-state index >= 15 is 0 Å². The Bertz CT molecular complexity index is 746. The third-order valence-electron chi connectivity index (χ3n) is 4.54. The number of rotatable bonds is 3. The third-order valence-corrected chi connectivity index (χ3v) is 4.54. The molecule has 0 aliphatic carbocycles. The summed E-state index contributed by atoms with van der Waals surface area (Å²) in [5, 5.41) is 11.8.